The molecule has 0 amide bonds. The molecule has 2 aromatic heterocycles. The molecule has 0 spiro atoms. The molecule has 0 aliphatic rings. The number of hydrogen-bond acceptors (Lipinski definition) is 4. The molecule has 0 N–H and O–H groups in total. The molecule has 0 aliphatic carbocycles. The van der Waals surface area contributed by atoms with Crippen molar-refractivity contribution in [2.75, 3.05) is 0 Å². The Labute approximate surface area is 180 Å². The molecule has 4 nitrogen and oxygen atoms in total. The van der Waals surface area contributed by atoms with E-state index in [0.717, 1.165) is 6.20 Å². The zero-order valence-electron chi connectivity index (χ0n) is 14.9. The van der Waals surface area contributed by atoms with Gasteiger partial charge < -0.3 is 4.55 Å². The van der Waals surface area contributed by atoms with Crippen LogP contribution in [0.5, 0.6) is 0 Å². The lowest BCUT2D eigenvalue weighted by atomic mass is 10.2. The van der Waals surface area contributed by atoms with E-state index in [-0.39, 0.29) is 15.7 Å². The Hall–Kier alpha value is -2.46. The first kappa shape index (κ1) is 20.8. The number of alkyl halides is 3. The molecule has 0 radical (unpaired) electrons. The number of benzene rings is 2. The van der Waals surface area contributed by atoms with Crippen molar-refractivity contribution >= 4 is 34.0 Å². The molecule has 0 aliphatic heterocycles. The number of para-hydroxylation sites is 1. The summed E-state index contributed by atoms with van der Waals surface area (Å²) in [5.74, 6) is 0.0928. The molecular weight excluding hydrogens is 457 g/mol. The summed E-state index contributed by atoms with van der Waals surface area (Å²) in [6.45, 7) is 0. The predicted molar refractivity (Wildman–Crippen MR) is 110 cm³/mol. The smallest absolute Gasteiger partial charge is 0.434 e. The lowest BCUT2D eigenvalue weighted by molar-refractivity contribution is -0.140. The Bertz CT molecular complexity index is 1250. The topological polar surface area (TPSA) is 57.9 Å². The van der Waals surface area contributed by atoms with Crippen LogP contribution in [-0.4, -0.2) is 18.3 Å². The molecular formula is C20H11ClF3N2O2S2-. The van der Waals surface area contributed by atoms with Crippen LogP contribution >= 0.6 is 22.9 Å². The first-order chi connectivity index (χ1) is 14.2. The minimum Gasteiger partial charge on any atom is -0.768 e. The molecule has 0 saturated carbocycles. The molecule has 0 bridgehead atoms. The van der Waals surface area contributed by atoms with Gasteiger partial charge in [-0.2, -0.15) is 13.2 Å². The summed E-state index contributed by atoms with van der Waals surface area (Å²) in [6.07, 6.45) is -3.70. The molecule has 0 saturated heterocycles. The van der Waals surface area contributed by atoms with Gasteiger partial charge in [-0.05, 0) is 53.0 Å². The van der Waals surface area contributed by atoms with Gasteiger partial charge in [0.2, 0.25) is 0 Å². The van der Waals surface area contributed by atoms with Crippen molar-refractivity contribution in [2.24, 2.45) is 0 Å². The number of imidazole rings is 1. The van der Waals surface area contributed by atoms with E-state index in [9.17, 15) is 21.9 Å². The van der Waals surface area contributed by atoms with Gasteiger partial charge >= 0.3 is 6.18 Å². The Morgan fingerprint density at radius 3 is 2.47 bits per heavy atom. The van der Waals surface area contributed by atoms with E-state index in [1.807, 2.05) is 0 Å². The van der Waals surface area contributed by atoms with Crippen molar-refractivity contribution in [3.63, 3.8) is 0 Å². The molecule has 4 rings (SSSR count). The number of halogens is 4. The van der Waals surface area contributed by atoms with Crippen LogP contribution in [0.15, 0.2) is 71.8 Å². The lowest BCUT2D eigenvalue weighted by Crippen LogP contribution is -2.04. The summed E-state index contributed by atoms with van der Waals surface area (Å²) < 4.78 is 63.8. The van der Waals surface area contributed by atoms with Gasteiger partial charge in [0, 0.05) is 16.0 Å². The van der Waals surface area contributed by atoms with E-state index in [2.05, 4.69) is 4.98 Å². The average Bonchev–Trinajstić information content (AvgIpc) is 3.35. The van der Waals surface area contributed by atoms with Crippen LogP contribution in [-0.2, 0) is 17.3 Å². The van der Waals surface area contributed by atoms with Crippen LogP contribution in [0.3, 0.4) is 0 Å². The molecule has 1 atom stereocenters. The van der Waals surface area contributed by atoms with E-state index in [0.29, 0.717) is 21.0 Å². The molecule has 2 heterocycles. The molecule has 4 aromatic rings. The molecule has 154 valence electrons. The van der Waals surface area contributed by atoms with Gasteiger partial charge in [-0.1, -0.05) is 35.9 Å². The summed E-state index contributed by atoms with van der Waals surface area (Å²) in [6, 6.07) is 16.2. The van der Waals surface area contributed by atoms with Gasteiger partial charge in [0.1, 0.15) is 0 Å². The zero-order chi connectivity index (χ0) is 21.5. The maximum absolute atomic E-state index is 13.3. The van der Waals surface area contributed by atoms with Crippen LogP contribution < -0.4 is 0 Å². The van der Waals surface area contributed by atoms with Crippen molar-refractivity contribution in [1.82, 2.24) is 9.55 Å². The second-order valence-corrected chi connectivity index (χ2v) is 8.63. The Morgan fingerprint density at radius 2 is 1.77 bits per heavy atom. The second-order valence-electron chi connectivity index (χ2n) is 6.20. The Kier molecular flexibility index (Phi) is 5.54. The van der Waals surface area contributed by atoms with Gasteiger partial charge in [-0.3, -0.25) is 8.78 Å². The van der Waals surface area contributed by atoms with Crippen LogP contribution in [0.25, 0.3) is 26.8 Å². The normalized spacial score (nSPS) is 12.8. The highest BCUT2D eigenvalue weighted by Gasteiger charge is 2.35. The third kappa shape index (κ3) is 4.06. The average molecular weight is 468 g/mol. The van der Waals surface area contributed by atoms with Crippen molar-refractivity contribution in [1.29, 1.82) is 0 Å². The number of nitrogens with zero attached hydrogens (tertiary/aromatic N) is 2. The number of rotatable bonds is 4. The Balaban J connectivity index is 1.83. The summed E-state index contributed by atoms with van der Waals surface area (Å²) in [5.41, 5.74) is -0.0215. The lowest BCUT2D eigenvalue weighted by Gasteiger charge is -2.08. The van der Waals surface area contributed by atoms with Crippen LogP contribution in [0.2, 0.25) is 5.02 Å². The van der Waals surface area contributed by atoms with E-state index in [4.69, 9.17) is 11.6 Å². The minimum absolute atomic E-state index is 0.0928. The monoisotopic (exact) mass is 467 g/mol. The van der Waals surface area contributed by atoms with Crippen molar-refractivity contribution < 1.29 is 21.9 Å². The maximum atomic E-state index is 13.3. The third-order valence-electron chi connectivity index (χ3n) is 4.25. The second kappa shape index (κ2) is 7.99. The number of aromatic nitrogens is 2. The minimum atomic E-state index is -4.62. The molecule has 0 fully saturated rings. The summed E-state index contributed by atoms with van der Waals surface area (Å²) >= 11 is 5.03. The largest absolute Gasteiger partial charge is 0.768 e. The third-order valence-corrected chi connectivity index (χ3v) is 6.33. The van der Waals surface area contributed by atoms with Crippen LogP contribution in [0, 0.1) is 0 Å². The molecule has 1 unspecified atom stereocenters. The zero-order valence-corrected chi connectivity index (χ0v) is 17.3. The van der Waals surface area contributed by atoms with Gasteiger partial charge in [0.15, 0.2) is 11.5 Å². The van der Waals surface area contributed by atoms with Crippen molar-refractivity contribution in [3.05, 3.63) is 77.6 Å². The SMILES string of the molecule is O=S([O-])c1cccc(-c2ccc(-c3nc(C(F)(F)F)cn3-c3ccccc3Cl)s2)c1. The molecule has 2 aromatic carbocycles. The quantitative estimate of drug-likeness (QED) is 0.337. The molecule has 10 heteroatoms. The first-order valence-corrected chi connectivity index (χ1v) is 10.7. The summed E-state index contributed by atoms with van der Waals surface area (Å²) in [5, 5.41) is 0.285. The maximum Gasteiger partial charge on any atom is 0.434 e. The van der Waals surface area contributed by atoms with E-state index >= 15 is 0 Å². The highest BCUT2D eigenvalue weighted by molar-refractivity contribution is 7.79. The highest BCUT2D eigenvalue weighted by Crippen LogP contribution is 2.38. The molecule has 30 heavy (non-hydrogen) atoms. The van der Waals surface area contributed by atoms with Crippen molar-refractivity contribution in [2.45, 2.75) is 11.1 Å². The Morgan fingerprint density at radius 1 is 1.03 bits per heavy atom. The summed E-state index contributed by atoms with van der Waals surface area (Å²) in [4.78, 5) is 5.11. The highest BCUT2D eigenvalue weighted by atomic mass is 35.5. The number of hydrogen-bond donors (Lipinski definition) is 0. The first-order valence-electron chi connectivity index (χ1n) is 8.45. The predicted octanol–water partition coefficient (Wildman–Crippen LogP) is 6.18. The fourth-order valence-corrected chi connectivity index (χ4v) is 4.52. The van der Waals surface area contributed by atoms with Crippen molar-refractivity contribution in [3.8, 4) is 26.8 Å². The van der Waals surface area contributed by atoms with Gasteiger partial charge in [0.05, 0.1) is 15.6 Å². The van der Waals surface area contributed by atoms with Gasteiger partial charge in [-0.15, -0.1) is 11.3 Å². The van der Waals surface area contributed by atoms with Crippen LogP contribution in [0.1, 0.15) is 5.69 Å². The van der Waals surface area contributed by atoms with E-state index < -0.39 is 23.0 Å². The fraction of sp³-hybridized carbons (Fsp3) is 0.0500. The van der Waals surface area contributed by atoms with Gasteiger partial charge in [0.25, 0.3) is 0 Å². The fourth-order valence-electron chi connectivity index (χ4n) is 2.89. The summed E-state index contributed by atoms with van der Waals surface area (Å²) in [7, 11) is 0. The van der Waals surface area contributed by atoms with E-state index in [1.165, 1.54) is 28.0 Å². The van der Waals surface area contributed by atoms with Crippen LogP contribution in [0.4, 0.5) is 13.2 Å². The number of thiophene rings is 1. The van der Waals surface area contributed by atoms with Gasteiger partial charge in [-0.25, -0.2) is 4.98 Å². The standard InChI is InChI=1S/C20H12ClF3N2O2S2/c21-14-6-1-2-7-15(14)26-11-18(20(22,23)24)25-19(26)17-9-8-16(29-17)12-4-3-5-13(10-12)30(27)28/h1-11H,(H,27,28)/p-1. The van der Waals surface area contributed by atoms with E-state index in [1.54, 1.807) is 48.5 Å².